The molecule has 24 heavy (non-hydrogen) atoms. The fourth-order valence-corrected chi connectivity index (χ4v) is 2.02. The summed E-state index contributed by atoms with van der Waals surface area (Å²) in [5.41, 5.74) is -0.0865. The lowest BCUT2D eigenvalue weighted by molar-refractivity contribution is 0.102. The van der Waals surface area contributed by atoms with Crippen LogP contribution in [0.25, 0.3) is 11.4 Å². The van der Waals surface area contributed by atoms with Crippen LogP contribution in [0.2, 0.25) is 0 Å². The third-order valence-electron chi connectivity index (χ3n) is 3.20. The number of nitrogens with zero attached hydrogens (tertiary/aromatic N) is 2. The van der Waals surface area contributed by atoms with Crippen LogP contribution < -0.4 is 5.32 Å². The Morgan fingerprint density at radius 1 is 0.917 bits per heavy atom. The van der Waals surface area contributed by atoms with E-state index in [4.69, 9.17) is 0 Å². The molecular weight excluding hydrogens is 319 g/mol. The molecule has 7 heteroatoms. The van der Waals surface area contributed by atoms with Crippen molar-refractivity contribution < 1.29 is 18.0 Å². The first-order chi connectivity index (χ1) is 11.5. The molecule has 0 atom stereocenters. The fourth-order valence-electron chi connectivity index (χ4n) is 2.02. The molecule has 3 rings (SSSR count). The van der Waals surface area contributed by atoms with Crippen molar-refractivity contribution >= 4 is 11.6 Å². The van der Waals surface area contributed by atoms with E-state index in [1.54, 1.807) is 6.07 Å². The summed E-state index contributed by atoms with van der Waals surface area (Å²) in [6.07, 6.45) is 2.39. The van der Waals surface area contributed by atoms with Gasteiger partial charge in [-0.25, -0.2) is 23.1 Å². The van der Waals surface area contributed by atoms with Crippen LogP contribution in [0.4, 0.5) is 18.9 Å². The monoisotopic (exact) mass is 329 g/mol. The quantitative estimate of drug-likeness (QED) is 0.795. The van der Waals surface area contributed by atoms with E-state index in [1.165, 1.54) is 36.7 Å². The second kappa shape index (κ2) is 6.49. The predicted molar refractivity (Wildman–Crippen MR) is 81.7 cm³/mol. The second-order valence-electron chi connectivity index (χ2n) is 4.86. The van der Waals surface area contributed by atoms with Crippen LogP contribution >= 0.6 is 0 Å². The first-order valence-corrected chi connectivity index (χ1v) is 6.88. The van der Waals surface area contributed by atoms with Crippen molar-refractivity contribution in [2.45, 2.75) is 0 Å². The molecule has 4 nitrogen and oxygen atoms in total. The molecule has 0 saturated carbocycles. The first-order valence-electron chi connectivity index (χ1n) is 6.88. The van der Waals surface area contributed by atoms with Crippen molar-refractivity contribution in [3.63, 3.8) is 0 Å². The molecule has 0 aliphatic rings. The molecule has 0 aliphatic carbocycles. The average Bonchev–Trinajstić information content (AvgIpc) is 2.58. The van der Waals surface area contributed by atoms with Crippen LogP contribution in [0.15, 0.2) is 54.9 Å². The summed E-state index contributed by atoms with van der Waals surface area (Å²) in [5.74, 6) is -2.75. The van der Waals surface area contributed by atoms with Gasteiger partial charge in [0.15, 0.2) is 5.82 Å². The van der Waals surface area contributed by atoms with Crippen molar-refractivity contribution in [3.8, 4) is 11.4 Å². The van der Waals surface area contributed by atoms with Gasteiger partial charge in [0.2, 0.25) is 0 Å². The lowest BCUT2D eigenvalue weighted by atomic mass is 10.2. The first kappa shape index (κ1) is 15.7. The van der Waals surface area contributed by atoms with E-state index in [9.17, 15) is 18.0 Å². The van der Waals surface area contributed by atoms with Gasteiger partial charge in [-0.2, -0.15) is 0 Å². The maximum atomic E-state index is 13.5. The predicted octanol–water partition coefficient (Wildman–Crippen LogP) is 3.81. The molecule has 1 amide bonds. The maximum Gasteiger partial charge on any atom is 0.258 e. The smallest absolute Gasteiger partial charge is 0.258 e. The van der Waals surface area contributed by atoms with Crippen LogP contribution in [0, 0.1) is 17.5 Å². The Kier molecular flexibility index (Phi) is 4.24. The van der Waals surface area contributed by atoms with Gasteiger partial charge in [0.1, 0.15) is 23.1 Å². The Balaban J connectivity index is 1.82. The Labute approximate surface area is 135 Å². The highest BCUT2D eigenvalue weighted by Gasteiger charge is 2.14. The molecule has 3 aromatic rings. The van der Waals surface area contributed by atoms with Gasteiger partial charge in [-0.15, -0.1) is 0 Å². The van der Waals surface area contributed by atoms with Crippen molar-refractivity contribution in [3.05, 3.63) is 77.9 Å². The van der Waals surface area contributed by atoms with Crippen molar-refractivity contribution in [1.29, 1.82) is 0 Å². The molecule has 120 valence electrons. The van der Waals surface area contributed by atoms with Gasteiger partial charge in [0, 0.05) is 18.0 Å². The highest BCUT2D eigenvalue weighted by Crippen LogP contribution is 2.19. The normalized spacial score (nSPS) is 10.5. The third kappa shape index (κ3) is 3.24. The zero-order valence-corrected chi connectivity index (χ0v) is 12.1. The lowest BCUT2D eigenvalue weighted by Crippen LogP contribution is -2.15. The number of hydrogen-bond donors (Lipinski definition) is 1. The molecule has 1 N–H and O–H groups in total. The van der Waals surface area contributed by atoms with Gasteiger partial charge in [0.05, 0.1) is 5.56 Å². The van der Waals surface area contributed by atoms with Crippen LogP contribution in [0.5, 0.6) is 0 Å². The third-order valence-corrected chi connectivity index (χ3v) is 3.20. The Morgan fingerprint density at radius 3 is 2.17 bits per heavy atom. The number of carbonyl (C=O) groups is 1. The summed E-state index contributed by atoms with van der Waals surface area (Å²) in [7, 11) is 0. The van der Waals surface area contributed by atoms with Crippen molar-refractivity contribution in [2.24, 2.45) is 0 Å². The van der Waals surface area contributed by atoms with E-state index in [0.717, 1.165) is 12.1 Å². The number of carbonyl (C=O) groups excluding carboxylic acids is 1. The van der Waals surface area contributed by atoms with Crippen LogP contribution in [-0.4, -0.2) is 15.9 Å². The summed E-state index contributed by atoms with van der Waals surface area (Å²) in [6, 6.07) is 8.92. The molecule has 0 radical (unpaired) electrons. The molecule has 1 heterocycles. The minimum absolute atomic E-state index is 0.0119. The number of benzene rings is 2. The number of hydrogen-bond acceptors (Lipinski definition) is 3. The lowest BCUT2D eigenvalue weighted by Gasteiger charge is -2.07. The Hall–Kier alpha value is -3.22. The Morgan fingerprint density at radius 2 is 1.54 bits per heavy atom. The number of para-hydroxylation sites is 1. The van der Waals surface area contributed by atoms with Gasteiger partial charge < -0.3 is 5.32 Å². The highest BCUT2D eigenvalue weighted by molar-refractivity contribution is 6.04. The van der Waals surface area contributed by atoms with Gasteiger partial charge in [-0.05, 0) is 24.3 Å². The van der Waals surface area contributed by atoms with E-state index < -0.39 is 29.0 Å². The largest absolute Gasteiger partial charge is 0.317 e. The molecule has 2 aromatic carbocycles. The summed E-state index contributed by atoms with van der Waals surface area (Å²) in [5, 5.41) is 2.13. The molecule has 0 aliphatic heterocycles. The number of rotatable bonds is 3. The SMILES string of the molecule is O=C(Nc1c(F)cccc1F)c1cnc(-c2cccc(F)c2)nc1. The summed E-state index contributed by atoms with van der Waals surface area (Å²) < 4.78 is 40.2. The molecule has 0 spiro atoms. The van der Waals surface area contributed by atoms with E-state index in [0.29, 0.717) is 5.56 Å². The molecule has 1 aromatic heterocycles. The minimum Gasteiger partial charge on any atom is -0.317 e. The van der Waals surface area contributed by atoms with Gasteiger partial charge in [0.25, 0.3) is 5.91 Å². The van der Waals surface area contributed by atoms with Crippen LogP contribution in [-0.2, 0) is 0 Å². The minimum atomic E-state index is -0.888. The van der Waals surface area contributed by atoms with Gasteiger partial charge in [-0.1, -0.05) is 18.2 Å². The summed E-state index contributed by atoms with van der Waals surface area (Å²) >= 11 is 0. The van der Waals surface area contributed by atoms with Gasteiger partial charge in [-0.3, -0.25) is 4.79 Å². The number of aromatic nitrogens is 2. The molecular formula is C17H10F3N3O. The number of amides is 1. The van der Waals surface area contributed by atoms with Crippen LogP contribution in [0.1, 0.15) is 10.4 Å². The van der Waals surface area contributed by atoms with E-state index in [-0.39, 0.29) is 11.4 Å². The number of nitrogens with one attached hydrogen (secondary N) is 1. The molecule has 0 unspecified atom stereocenters. The topological polar surface area (TPSA) is 54.9 Å². The zero-order chi connectivity index (χ0) is 17.1. The number of anilines is 1. The Bertz CT molecular complexity index is 878. The molecule has 0 fully saturated rings. The fraction of sp³-hybridized carbons (Fsp3) is 0. The second-order valence-corrected chi connectivity index (χ2v) is 4.86. The maximum absolute atomic E-state index is 13.5. The zero-order valence-electron chi connectivity index (χ0n) is 12.1. The molecule has 0 bridgehead atoms. The number of halogens is 3. The highest BCUT2D eigenvalue weighted by atomic mass is 19.1. The van der Waals surface area contributed by atoms with Crippen LogP contribution in [0.3, 0.4) is 0 Å². The van der Waals surface area contributed by atoms with Crippen molar-refractivity contribution in [1.82, 2.24) is 9.97 Å². The summed E-state index contributed by atoms with van der Waals surface area (Å²) in [6.45, 7) is 0. The average molecular weight is 329 g/mol. The molecule has 0 saturated heterocycles. The van der Waals surface area contributed by atoms with E-state index in [1.807, 2.05) is 0 Å². The van der Waals surface area contributed by atoms with Crippen molar-refractivity contribution in [2.75, 3.05) is 5.32 Å². The van der Waals surface area contributed by atoms with E-state index in [2.05, 4.69) is 15.3 Å². The van der Waals surface area contributed by atoms with Gasteiger partial charge >= 0.3 is 0 Å². The summed E-state index contributed by atoms with van der Waals surface area (Å²) in [4.78, 5) is 20.0. The standard InChI is InChI=1S/C17H10F3N3O/c18-12-4-1-3-10(7-12)16-21-8-11(9-22-16)17(24)23-15-13(19)5-2-6-14(15)20/h1-9H,(H,23,24). The van der Waals surface area contributed by atoms with E-state index >= 15 is 0 Å².